The quantitative estimate of drug-likeness (QED) is 0.766. The minimum atomic E-state index is -1.12. The molecule has 0 radical (unpaired) electrons. The topological polar surface area (TPSA) is 94.3 Å². The summed E-state index contributed by atoms with van der Waals surface area (Å²) in [6.45, 7) is -0.474. The predicted molar refractivity (Wildman–Crippen MR) is 93.4 cm³/mol. The Balaban J connectivity index is 2.06. The summed E-state index contributed by atoms with van der Waals surface area (Å²) in [5.74, 6) is -0.388. The molecule has 0 spiro atoms. The Kier molecular flexibility index (Phi) is 4.56. The van der Waals surface area contributed by atoms with Crippen LogP contribution in [-0.2, 0) is 11.3 Å². The molecule has 1 N–H and O–H groups in total. The molecule has 0 saturated carbocycles. The summed E-state index contributed by atoms with van der Waals surface area (Å²) in [6.07, 6.45) is 4.79. The first kappa shape index (κ1) is 16.4. The molecule has 0 fully saturated rings. The van der Waals surface area contributed by atoms with E-state index in [4.69, 9.17) is 9.84 Å². The summed E-state index contributed by atoms with van der Waals surface area (Å²) in [4.78, 5) is 32.0. The van der Waals surface area contributed by atoms with E-state index in [-0.39, 0.29) is 11.3 Å². The fourth-order valence-corrected chi connectivity index (χ4v) is 2.38. The fraction of sp³-hybridized carbons (Fsp3) is 0.111. The first-order valence-corrected chi connectivity index (χ1v) is 7.48. The van der Waals surface area contributed by atoms with Crippen LogP contribution in [0.25, 0.3) is 23.3 Å². The average molecular weight is 337 g/mol. The van der Waals surface area contributed by atoms with Crippen molar-refractivity contribution in [2.45, 2.75) is 6.54 Å². The maximum Gasteiger partial charge on any atom is 0.323 e. The zero-order valence-corrected chi connectivity index (χ0v) is 13.4. The van der Waals surface area contributed by atoms with E-state index in [0.29, 0.717) is 5.52 Å². The number of fused-ring (bicyclic) bond motifs is 1. The zero-order valence-electron chi connectivity index (χ0n) is 13.4. The van der Waals surface area contributed by atoms with Crippen molar-refractivity contribution in [3.05, 3.63) is 64.2 Å². The molecule has 0 unspecified atom stereocenters. The number of methoxy groups -OCH3 is 1. The number of hydrogen-bond donors (Lipinski definition) is 1. The van der Waals surface area contributed by atoms with Gasteiger partial charge >= 0.3 is 5.97 Å². The van der Waals surface area contributed by atoms with Crippen LogP contribution in [0.4, 0.5) is 0 Å². The Morgan fingerprint density at radius 3 is 2.68 bits per heavy atom. The second-order valence-corrected chi connectivity index (χ2v) is 5.23. The largest absolute Gasteiger partial charge is 0.497 e. The smallest absolute Gasteiger partial charge is 0.323 e. The number of rotatable bonds is 5. The molecule has 0 atom stereocenters. The van der Waals surface area contributed by atoms with Gasteiger partial charge in [-0.2, -0.15) is 0 Å². The van der Waals surface area contributed by atoms with Gasteiger partial charge in [0.15, 0.2) is 5.65 Å². The third-order valence-electron chi connectivity index (χ3n) is 3.57. The van der Waals surface area contributed by atoms with Crippen LogP contribution in [-0.4, -0.2) is 32.7 Å². The van der Waals surface area contributed by atoms with E-state index in [0.717, 1.165) is 15.9 Å². The van der Waals surface area contributed by atoms with Crippen molar-refractivity contribution in [2.24, 2.45) is 0 Å². The predicted octanol–water partition coefficient (Wildman–Crippen LogP) is 2.06. The average Bonchev–Trinajstić information content (AvgIpc) is 2.63. The van der Waals surface area contributed by atoms with Crippen molar-refractivity contribution in [3.63, 3.8) is 0 Å². The molecule has 0 saturated heterocycles. The van der Waals surface area contributed by atoms with Gasteiger partial charge in [-0.1, -0.05) is 18.2 Å². The van der Waals surface area contributed by atoms with Gasteiger partial charge in [0, 0.05) is 6.20 Å². The van der Waals surface area contributed by atoms with E-state index in [9.17, 15) is 9.59 Å². The van der Waals surface area contributed by atoms with Crippen molar-refractivity contribution in [1.82, 2.24) is 14.5 Å². The van der Waals surface area contributed by atoms with Crippen molar-refractivity contribution in [3.8, 4) is 5.75 Å². The van der Waals surface area contributed by atoms with Crippen molar-refractivity contribution < 1.29 is 14.6 Å². The Hall–Kier alpha value is -3.48. The molecule has 1 aromatic carbocycles. The molecular weight excluding hydrogens is 322 g/mol. The van der Waals surface area contributed by atoms with E-state index < -0.39 is 18.1 Å². The maximum atomic E-state index is 12.6. The van der Waals surface area contributed by atoms with Crippen LogP contribution < -0.4 is 10.3 Å². The van der Waals surface area contributed by atoms with Crippen molar-refractivity contribution in [1.29, 1.82) is 0 Å². The Bertz CT molecular complexity index is 1010. The van der Waals surface area contributed by atoms with Crippen molar-refractivity contribution in [2.75, 3.05) is 7.11 Å². The molecule has 3 aromatic rings. The van der Waals surface area contributed by atoms with Crippen LogP contribution in [0.15, 0.2) is 47.4 Å². The van der Waals surface area contributed by atoms with E-state index in [1.165, 1.54) is 6.20 Å². The van der Waals surface area contributed by atoms with Crippen LogP contribution in [0, 0.1) is 0 Å². The minimum Gasteiger partial charge on any atom is -0.497 e. The summed E-state index contributed by atoms with van der Waals surface area (Å²) in [5.41, 5.74) is 1.21. The highest BCUT2D eigenvalue weighted by molar-refractivity contribution is 5.76. The number of ether oxygens (including phenoxy) is 1. The van der Waals surface area contributed by atoms with E-state index >= 15 is 0 Å². The standard InChI is InChI=1S/C18H15N3O4/c1-25-13-7-4-12(5-8-13)6-9-15-18(24)21(11-16(22)23)17-14(20-15)3-2-10-19-17/h2-10H,11H2,1H3,(H,22,23)/b9-6+. The van der Waals surface area contributed by atoms with E-state index in [1.54, 1.807) is 43.5 Å². The highest BCUT2D eigenvalue weighted by Crippen LogP contribution is 2.14. The minimum absolute atomic E-state index is 0.151. The SMILES string of the molecule is COc1ccc(/C=C/c2nc3cccnc3n(CC(=O)O)c2=O)cc1. The number of carboxylic acid groups (broad SMARTS) is 1. The number of nitrogens with zero attached hydrogens (tertiary/aromatic N) is 3. The summed E-state index contributed by atoms with van der Waals surface area (Å²) in [6, 6.07) is 10.7. The number of aromatic nitrogens is 3. The fourth-order valence-electron chi connectivity index (χ4n) is 2.38. The molecule has 0 aliphatic rings. The Morgan fingerprint density at radius 1 is 1.24 bits per heavy atom. The lowest BCUT2D eigenvalue weighted by atomic mass is 10.2. The van der Waals surface area contributed by atoms with Gasteiger partial charge in [0.1, 0.15) is 23.5 Å². The Morgan fingerprint density at radius 2 is 2.00 bits per heavy atom. The summed E-state index contributed by atoms with van der Waals surface area (Å²) < 4.78 is 6.21. The summed E-state index contributed by atoms with van der Waals surface area (Å²) >= 11 is 0. The normalized spacial score (nSPS) is 11.1. The molecule has 7 nitrogen and oxygen atoms in total. The number of aliphatic carboxylic acids is 1. The molecule has 0 bridgehead atoms. The van der Waals surface area contributed by atoms with Gasteiger partial charge in [-0.3, -0.25) is 14.2 Å². The molecule has 0 aliphatic carbocycles. The van der Waals surface area contributed by atoms with E-state index in [1.807, 2.05) is 12.1 Å². The molecule has 0 amide bonds. The highest BCUT2D eigenvalue weighted by atomic mass is 16.5. The number of carbonyl (C=O) groups is 1. The maximum absolute atomic E-state index is 12.6. The second-order valence-electron chi connectivity index (χ2n) is 5.23. The lowest BCUT2D eigenvalue weighted by molar-refractivity contribution is -0.137. The van der Waals surface area contributed by atoms with Gasteiger partial charge in [0.25, 0.3) is 5.56 Å². The molecule has 3 rings (SSSR count). The van der Waals surface area contributed by atoms with Crippen LogP contribution in [0.2, 0.25) is 0 Å². The van der Waals surface area contributed by atoms with Gasteiger partial charge in [0.05, 0.1) is 7.11 Å². The van der Waals surface area contributed by atoms with Gasteiger partial charge in [-0.05, 0) is 35.9 Å². The molecular formula is C18H15N3O4. The van der Waals surface area contributed by atoms with Crippen LogP contribution in [0.3, 0.4) is 0 Å². The third-order valence-corrected chi connectivity index (χ3v) is 3.57. The first-order valence-electron chi connectivity index (χ1n) is 7.48. The molecule has 0 aliphatic heterocycles. The molecule has 2 heterocycles. The van der Waals surface area contributed by atoms with Gasteiger partial charge in [-0.15, -0.1) is 0 Å². The number of benzene rings is 1. The van der Waals surface area contributed by atoms with Crippen LogP contribution in [0.1, 0.15) is 11.3 Å². The van der Waals surface area contributed by atoms with E-state index in [2.05, 4.69) is 9.97 Å². The lowest BCUT2D eigenvalue weighted by Gasteiger charge is -2.07. The lowest BCUT2D eigenvalue weighted by Crippen LogP contribution is -2.27. The summed E-state index contributed by atoms with van der Waals surface area (Å²) in [7, 11) is 1.59. The molecule has 126 valence electrons. The number of hydrogen-bond acceptors (Lipinski definition) is 5. The monoisotopic (exact) mass is 337 g/mol. The number of carboxylic acids is 1. The van der Waals surface area contributed by atoms with Crippen LogP contribution >= 0.6 is 0 Å². The zero-order chi connectivity index (χ0) is 17.8. The highest BCUT2D eigenvalue weighted by Gasteiger charge is 2.12. The van der Waals surface area contributed by atoms with Crippen LogP contribution in [0.5, 0.6) is 5.75 Å². The molecule has 7 heteroatoms. The van der Waals surface area contributed by atoms with Gasteiger partial charge in [0.2, 0.25) is 0 Å². The molecule has 25 heavy (non-hydrogen) atoms. The number of pyridine rings is 1. The van der Waals surface area contributed by atoms with Gasteiger partial charge in [-0.25, -0.2) is 9.97 Å². The molecule has 2 aromatic heterocycles. The first-order chi connectivity index (χ1) is 12.1. The summed E-state index contributed by atoms with van der Waals surface area (Å²) in [5, 5.41) is 9.06. The second kappa shape index (κ2) is 6.96. The van der Waals surface area contributed by atoms with Gasteiger partial charge < -0.3 is 9.84 Å². The van der Waals surface area contributed by atoms with Crippen molar-refractivity contribution >= 4 is 29.3 Å². The third kappa shape index (κ3) is 3.55. The Labute approximate surface area is 142 Å².